The van der Waals surface area contributed by atoms with Gasteiger partial charge in [0.05, 0.1) is 5.92 Å². The third-order valence-electron chi connectivity index (χ3n) is 7.07. The normalized spacial score (nSPS) is 21.5. The first kappa shape index (κ1) is 23.5. The van der Waals surface area contributed by atoms with E-state index in [-0.39, 0.29) is 17.9 Å². The van der Waals surface area contributed by atoms with Crippen LogP contribution in [0.25, 0.3) is 0 Å². The summed E-state index contributed by atoms with van der Waals surface area (Å²) in [5.41, 5.74) is 2.40. The minimum Gasteiger partial charge on any atom is -0.486 e. The zero-order valence-corrected chi connectivity index (χ0v) is 20.4. The van der Waals surface area contributed by atoms with E-state index in [2.05, 4.69) is 39.4 Å². The van der Waals surface area contributed by atoms with Crippen molar-refractivity contribution in [2.24, 2.45) is 5.92 Å². The quantitative estimate of drug-likeness (QED) is 0.619. The van der Waals surface area contributed by atoms with E-state index < -0.39 is 0 Å². The molecular formula is C27H34ClN3O3. The molecule has 182 valence electrons. The Morgan fingerprint density at radius 3 is 2.50 bits per heavy atom. The Morgan fingerprint density at radius 2 is 1.71 bits per heavy atom. The molecular weight excluding hydrogens is 450 g/mol. The van der Waals surface area contributed by atoms with Crippen LogP contribution in [0.4, 0.5) is 0 Å². The topological polar surface area (TPSA) is 54.0 Å². The van der Waals surface area contributed by atoms with Gasteiger partial charge in [0.2, 0.25) is 5.91 Å². The average Bonchev–Trinajstić information content (AvgIpc) is 3.53. The van der Waals surface area contributed by atoms with E-state index in [4.69, 9.17) is 21.1 Å². The van der Waals surface area contributed by atoms with Crippen molar-refractivity contribution in [3.8, 4) is 11.5 Å². The first-order valence-corrected chi connectivity index (χ1v) is 12.9. The molecule has 0 aliphatic carbocycles. The highest BCUT2D eigenvalue weighted by molar-refractivity contribution is 6.30. The molecule has 2 saturated heterocycles. The van der Waals surface area contributed by atoms with Crippen molar-refractivity contribution in [3.63, 3.8) is 0 Å². The second-order valence-electron chi connectivity index (χ2n) is 9.74. The van der Waals surface area contributed by atoms with Gasteiger partial charge in [0.25, 0.3) is 0 Å². The Hall–Kier alpha value is -2.28. The fraction of sp³-hybridized carbons (Fsp3) is 0.519. The second-order valence-corrected chi connectivity index (χ2v) is 10.2. The summed E-state index contributed by atoms with van der Waals surface area (Å²) in [6.45, 7) is 6.90. The van der Waals surface area contributed by atoms with E-state index >= 15 is 0 Å². The number of ether oxygens (including phenoxy) is 2. The number of halogens is 1. The number of carbonyl (C=O) groups excluding carboxylic acids is 1. The second kappa shape index (κ2) is 11.0. The third-order valence-corrected chi connectivity index (χ3v) is 7.33. The number of benzene rings is 2. The number of fused-ring (bicyclic) bond motifs is 1. The summed E-state index contributed by atoms with van der Waals surface area (Å²) in [4.78, 5) is 18.1. The molecule has 0 saturated carbocycles. The first-order chi connectivity index (χ1) is 16.6. The van der Waals surface area contributed by atoms with Gasteiger partial charge in [0.1, 0.15) is 13.2 Å². The Kier molecular flexibility index (Phi) is 7.57. The lowest BCUT2D eigenvalue weighted by atomic mass is 10.0. The van der Waals surface area contributed by atoms with E-state index in [9.17, 15) is 4.79 Å². The van der Waals surface area contributed by atoms with Crippen LogP contribution in [0, 0.1) is 5.92 Å². The average molecular weight is 484 g/mol. The SMILES string of the molecule is O=C(NC(Cc1ccc2c(c1)OCCO2)CN1CCCC1)[C@@H]1CCN(Cc2ccc(Cl)cc2)C1. The molecule has 1 amide bonds. The Balaban J connectivity index is 1.20. The predicted octanol–water partition coefficient (Wildman–Crippen LogP) is 3.76. The van der Waals surface area contributed by atoms with E-state index in [0.717, 1.165) is 68.6 Å². The number of hydrogen-bond acceptors (Lipinski definition) is 5. The van der Waals surface area contributed by atoms with Crippen LogP contribution in [-0.2, 0) is 17.8 Å². The molecule has 0 radical (unpaired) electrons. The molecule has 34 heavy (non-hydrogen) atoms. The summed E-state index contributed by atoms with van der Waals surface area (Å²) in [6, 6.07) is 14.2. The highest BCUT2D eigenvalue weighted by Crippen LogP contribution is 2.31. The summed E-state index contributed by atoms with van der Waals surface area (Å²) < 4.78 is 11.4. The zero-order chi connectivity index (χ0) is 23.3. The highest BCUT2D eigenvalue weighted by Gasteiger charge is 2.30. The van der Waals surface area contributed by atoms with Gasteiger partial charge in [-0.05, 0) is 80.7 Å². The smallest absolute Gasteiger partial charge is 0.224 e. The lowest BCUT2D eigenvalue weighted by Gasteiger charge is -2.26. The van der Waals surface area contributed by atoms with Gasteiger partial charge in [-0.15, -0.1) is 0 Å². The number of hydrogen-bond donors (Lipinski definition) is 1. The summed E-state index contributed by atoms with van der Waals surface area (Å²) in [5, 5.41) is 4.16. The standard InChI is InChI=1S/C27H34ClN3O3/c28-23-6-3-20(4-7-23)17-31-12-9-22(18-31)27(32)29-24(19-30-10-1-2-11-30)15-21-5-8-25-26(16-21)34-14-13-33-25/h3-8,16,22,24H,1-2,9-15,17-19H2,(H,29,32)/t22-,24?/m1/s1. The van der Waals surface area contributed by atoms with E-state index in [1.807, 2.05) is 18.2 Å². The first-order valence-electron chi connectivity index (χ1n) is 12.5. The fourth-order valence-corrected chi connectivity index (χ4v) is 5.42. The molecule has 3 aliphatic rings. The maximum Gasteiger partial charge on any atom is 0.224 e. The van der Waals surface area contributed by atoms with Gasteiger partial charge in [-0.1, -0.05) is 29.8 Å². The summed E-state index contributed by atoms with van der Waals surface area (Å²) in [5.74, 6) is 1.83. The van der Waals surface area contributed by atoms with Crippen molar-refractivity contribution in [1.29, 1.82) is 0 Å². The summed E-state index contributed by atoms with van der Waals surface area (Å²) >= 11 is 6.01. The predicted molar refractivity (Wildman–Crippen MR) is 134 cm³/mol. The Morgan fingerprint density at radius 1 is 0.971 bits per heavy atom. The van der Waals surface area contributed by atoms with Gasteiger partial charge in [0, 0.05) is 30.7 Å². The Bertz CT molecular complexity index is 978. The van der Waals surface area contributed by atoms with Gasteiger partial charge in [-0.2, -0.15) is 0 Å². The molecule has 2 atom stereocenters. The molecule has 3 heterocycles. The molecule has 6 nitrogen and oxygen atoms in total. The lowest BCUT2D eigenvalue weighted by Crippen LogP contribution is -2.46. The van der Waals surface area contributed by atoms with Crippen molar-refractivity contribution >= 4 is 17.5 Å². The maximum atomic E-state index is 13.3. The monoisotopic (exact) mass is 483 g/mol. The molecule has 3 aliphatic heterocycles. The van der Waals surface area contributed by atoms with Gasteiger partial charge < -0.3 is 19.7 Å². The Labute approximate surface area is 207 Å². The van der Waals surface area contributed by atoms with Crippen LogP contribution in [0.2, 0.25) is 5.02 Å². The number of amides is 1. The third kappa shape index (κ3) is 6.04. The van der Waals surface area contributed by atoms with E-state index in [0.29, 0.717) is 13.2 Å². The highest BCUT2D eigenvalue weighted by atomic mass is 35.5. The van der Waals surface area contributed by atoms with Gasteiger partial charge in [-0.3, -0.25) is 9.69 Å². The number of nitrogens with zero attached hydrogens (tertiary/aromatic N) is 2. The van der Waals surface area contributed by atoms with Crippen LogP contribution in [0.3, 0.4) is 0 Å². The molecule has 7 heteroatoms. The molecule has 2 fully saturated rings. The van der Waals surface area contributed by atoms with Crippen LogP contribution in [-0.4, -0.2) is 67.7 Å². The molecule has 0 spiro atoms. The van der Waals surface area contributed by atoms with Crippen LogP contribution in [0.5, 0.6) is 11.5 Å². The van der Waals surface area contributed by atoms with Crippen LogP contribution in [0.15, 0.2) is 42.5 Å². The van der Waals surface area contributed by atoms with Gasteiger partial charge in [0.15, 0.2) is 11.5 Å². The molecule has 2 aromatic carbocycles. The van der Waals surface area contributed by atoms with Crippen LogP contribution in [0.1, 0.15) is 30.4 Å². The van der Waals surface area contributed by atoms with E-state index in [1.54, 1.807) is 0 Å². The largest absolute Gasteiger partial charge is 0.486 e. The van der Waals surface area contributed by atoms with Gasteiger partial charge >= 0.3 is 0 Å². The molecule has 2 aromatic rings. The number of carbonyl (C=O) groups is 1. The minimum atomic E-state index is 0.0358. The molecule has 1 N–H and O–H groups in total. The molecule has 5 rings (SSSR count). The van der Waals surface area contributed by atoms with Crippen LogP contribution >= 0.6 is 11.6 Å². The van der Waals surface area contributed by atoms with Crippen molar-refractivity contribution in [2.75, 3.05) is 45.9 Å². The molecule has 0 bridgehead atoms. The summed E-state index contributed by atoms with van der Waals surface area (Å²) in [7, 11) is 0. The lowest BCUT2D eigenvalue weighted by molar-refractivity contribution is -0.125. The number of likely N-dealkylation sites (tertiary alicyclic amines) is 2. The molecule has 1 unspecified atom stereocenters. The zero-order valence-electron chi connectivity index (χ0n) is 19.7. The fourth-order valence-electron chi connectivity index (χ4n) is 5.29. The van der Waals surface area contributed by atoms with Crippen LogP contribution < -0.4 is 14.8 Å². The maximum absolute atomic E-state index is 13.3. The van der Waals surface area contributed by atoms with Crippen molar-refractivity contribution in [1.82, 2.24) is 15.1 Å². The van der Waals surface area contributed by atoms with Gasteiger partial charge in [-0.25, -0.2) is 0 Å². The number of rotatable bonds is 8. The van der Waals surface area contributed by atoms with Crippen molar-refractivity contribution in [2.45, 2.75) is 38.3 Å². The van der Waals surface area contributed by atoms with Crippen molar-refractivity contribution in [3.05, 3.63) is 58.6 Å². The van der Waals surface area contributed by atoms with Crippen molar-refractivity contribution < 1.29 is 14.3 Å². The minimum absolute atomic E-state index is 0.0358. The number of nitrogens with one attached hydrogen (secondary N) is 1. The molecule has 0 aromatic heterocycles. The van der Waals surface area contributed by atoms with E-state index in [1.165, 1.54) is 24.0 Å². The summed E-state index contributed by atoms with van der Waals surface area (Å²) in [6.07, 6.45) is 4.18.